The van der Waals surface area contributed by atoms with Gasteiger partial charge in [0.1, 0.15) is 5.82 Å². The Kier molecular flexibility index (Phi) is 6.95. The Morgan fingerprint density at radius 3 is 2.57 bits per heavy atom. The molecule has 0 atom stereocenters. The predicted octanol–water partition coefficient (Wildman–Crippen LogP) is 5.17. The van der Waals surface area contributed by atoms with Gasteiger partial charge in [-0.2, -0.15) is 0 Å². The molecule has 0 saturated heterocycles. The third-order valence-corrected chi connectivity index (χ3v) is 4.79. The fourth-order valence-electron chi connectivity index (χ4n) is 3.23. The maximum Gasteiger partial charge on any atom is 0.340 e. The van der Waals surface area contributed by atoms with E-state index in [0.717, 1.165) is 25.8 Å². The van der Waals surface area contributed by atoms with Crippen LogP contribution in [0.1, 0.15) is 52.8 Å². The average molecular weight is 381 g/mol. The molecule has 0 unspecified atom stereocenters. The zero-order valence-electron chi connectivity index (χ0n) is 15.7. The van der Waals surface area contributed by atoms with Crippen LogP contribution in [0, 0.1) is 5.82 Å². The number of anilines is 1. The van der Waals surface area contributed by atoms with Crippen LogP contribution in [0.4, 0.5) is 10.1 Å². The molecule has 3 rings (SSSR count). The van der Waals surface area contributed by atoms with Crippen LogP contribution in [0.2, 0.25) is 0 Å². The normalized spacial score (nSPS) is 13.5. The van der Waals surface area contributed by atoms with Crippen molar-refractivity contribution in [1.82, 2.24) is 0 Å². The van der Waals surface area contributed by atoms with E-state index in [9.17, 15) is 14.0 Å². The molecule has 0 bridgehead atoms. The van der Waals surface area contributed by atoms with Crippen molar-refractivity contribution in [2.45, 2.75) is 32.1 Å². The summed E-state index contributed by atoms with van der Waals surface area (Å²) in [7, 11) is 0. The topological polar surface area (TPSA) is 55.4 Å². The summed E-state index contributed by atoms with van der Waals surface area (Å²) in [5.74, 6) is -1.35. The van der Waals surface area contributed by atoms with Gasteiger partial charge in [0, 0.05) is 17.8 Å². The molecule has 2 aromatic carbocycles. The van der Waals surface area contributed by atoms with Gasteiger partial charge in [0.2, 0.25) is 0 Å². The fourth-order valence-corrected chi connectivity index (χ4v) is 3.23. The van der Waals surface area contributed by atoms with Crippen LogP contribution in [-0.4, -0.2) is 24.9 Å². The van der Waals surface area contributed by atoms with Crippen molar-refractivity contribution in [1.29, 1.82) is 0 Å². The lowest BCUT2D eigenvalue weighted by Crippen LogP contribution is -2.16. The summed E-state index contributed by atoms with van der Waals surface area (Å²) in [5.41, 5.74) is 2.86. The molecule has 5 heteroatoms. The maximum absolute atomic E-state index is 12.9. The van der Waals surface area contributed by atoms with Crippen LogP contribution >= 0.6 is 0 Å². The predicted molar refractivity (Wildman–Crippen MR) is 107 cm³/mol. The van der Waals surface area contributed by atoms with Crippen molar-refractivity contribution in [2.75, 3.05) is 18.5 Å². The van der Waals surface area contributed by atoms with Gasteiger partial charge in [-0.25, -0.2) is 9.18 Å². The van der Waals surface area contributed by atoms with Gasteiger partial charge >= 0.3 is 5.97 Å². The number of nitrogens with one attached hydrogen (secondary N) is 1. The third-order valence-electron chi connectivity index (χ3n) is 4.79. The van der Waals surface area contributed by atoms with Crippen molar-refractivity contribution in [3.05, 3.63) is 77.1 Å². The van der Waals surface area contributed by atoms with E-state index in [-0.39, 0.29) is 12.4 Å². The largest absolute Gasteiger partial charge is 0.454 e. The molecule has 1 N–H and O–H groups in total. The van der Waals surface area contributed by atoms with E-state index in [0.29, 0.717) is 16.8 Å². The molecule has 0 saturated carbocycles. The first-order valence-corrected chi connectivity index (χ1v) is 9.60. The minimum absolute atomic E-state index is 0.307. The van der Waals surface area contributed by atoms with Crippen LogP contribution in [-0.2, 0) is 4.74 Å². The molecule has 4 nitrogen and oxygen atoms in total. The number of allylic oxidation sites excluding steroid dienone is 1. The van der Waals surface area contributed by atoms with E-state index in [1.807, 2.05) is 12.1 Å². The van der Waals surface area contributed by atoms with E-state index in [1.54, 1.807) is 12.1 Å². The minimum atomic E-state index is -0.560. The number of rotatable bonds is 8. The second-order valence-electron chi connectivity index (χ2n) is 6.84. The molecule has 146 valence electrons. The summed E-state index contributed by atoms with van der Waals surface area (Å²) in [6.07, 6.45) is 8.08. The van der Waals surface area contributed by atoms with Gasteiger partial charge in [0.15, 0.2) is 12.4 Å². The summed E-state index contributed by atoms with van der Waals surface area (Å²) in [6.45, 7) is 0.357. The Hall–Kier alpha value is -2.95. The van der Waals surface area contributed by atoms with Crippen LogP contribution < -0.4 is 5.32 Å². The standard InChI is InChI=1S/C23H24FNO3/c24-19-12-10-18(11-13-19)22(26)16-28-23(27)20-8-4-5-9-21(20)25-15-14-17-6-2-1-3-7-17/h4-6,8-13,25H,1-3,7,14-16H2. The van der Waals surface area contributed by atoms with Crippen molar-refractivity contribution in [3.63, 3.8) is 0 Å². The third kappa shape index (κ3) is 5.52. The minimum Gasteiger partial charge on any atom is -0.454 e. The highest BCUT2D eigenvalue weighted by Crippen LogP contribution is 2.21. The van der Waals surface area contributed by atoms with E-state index < -0.39 is 11.8 Å². The molecule has 2 aromatic rings. The lowest BCUT2D eigenvalue weighted by molar-refractivity contribution is 0.0475. The number of halogens is 1. The smallest absolute Gasteiger partial charge is 0.340 e. The monoisotopic (exact) mass is 381 g/mol. The summed E-state index contributed by atoms with van der Waals surface area (Å²) in [6, 6.07) is 12.3. The Bertz CT molecular complexity index is 858. The zero-order chi connectivity index (χ0) is 19.8. The lowest BCUT2D eigenvalue weighted by Gasteiger charge is -2.15. The number of ether oxygens (including phenoxy) is 1. The summed E-state index contributed by atoms with van der Waals surface area (Å²) >= 11 is 0. The molecule has 0 amide bonds. The summed E-state index contributed by atoms with van der Waals surface area (Å²) in [5, 5.41) is 3.30. The first kappa shape index (κ1) is 19.8. The van der Waals surface area contributed by atoms with Crippen molar-refractivity contribution >= 4 is 17.4 Å². The molecule has 28 heavy (non-hydrogen) atoms. The average Bonchev–Trinajstić information content (AvgIpc) is 2.73. The first-order chi connectivity index (χ1) is 13.6. The van der Waals surface area contributed by atoms with Gasteiger partial charge in [-0.05, 0) is 68.5 Å². The van der Waals surface area contributed by atoms with Crippen LogP contribution in [0.15, 0.2) is 60.2 Å². The van der Waals surface area contributed by atoms with E-state index in [4.69, 9.17) is 4.74 Å². The number of carbonyl (C=O) groups is 2. The number of hydrogen-bond acceptors (Lipinski definition) is 4. The molecule has 0 aromatic heterocycles. The quantitative estimate of drug-likeness (QED) is 0.389. The first-order valence-electron chi connectivity index (χ1n) is 9.60. The zero-order valence-corrected chi connectivity index (χ0v) is 15.7. The Balaban J connectivity index is 1.55. The number of Topliss-reactive ketones (excluding diaryl/α,β-unsaturated/α-hetero) is 1. The Labute approximate surface area is 164 Å². The highest BCUT2D eigenvalue weighted by atomic mass is 19.1. The van der Waals surface area contributed by atoms with Crippen LogP contribution in [0.3, 0.4) is 0 Å². The van der Waals surface area contributed by atoms with Crippen molar-refractivity contribution in [3.8, 4) is 0 Å². The van der Waals surface area contributed by atoms with E-state index >= 15 is 0 Å². The van der Waals surface area contributed by atoms with Crippen LogP contribution in [0.25, 0.3) is 0 Å². The van der Waals surface area contributed by atoms with Gasteiger partial charge in [-0.1, -0.05) is 23.8 Å². The van der Waals surface area contributed by atoms with Gasteiger partial charge in [0.25, 0.3) is 0 Å². The Morgan fingerprint density at radius 2 is 1.82 bits per heavy atom. The SMILES string of the molecule is O=C(COC(=O)c1ccccc1NCCC1=CCCCC1)c1ccc(F)cc1. The molecule has 0 spiro atoms. The maximum atomic E-state index is 12.9. The number of ketones is 1. The summed E-state index contributed by atoms with van der Waals surface area (Å²) < 4.78 is 18.1. The highest BCUT2D eigenvalue weighted by Gasteiger charge is 2.15. The molecule has 0 radical (unpaired) electrons. The molecule has 0 heterocycles. The molecule has 1 aliphatic carbocycles. The molecular weight excluding hydrogens is 357 g/mol. The van der Waals surface area contributed by atoms with Gasteiger partial charge in [0.05, 0.1) is 5.56 Å². The summed E-state index contributed by atoms with van der Waals surface area (Å²) in [4.78, 5) is 24.5. The molecule has 1 aliphatic rings. The molecule has 0 fully saturated rings. The van der Waals surface area contributed by atoms with Gasteiger partial charge in [-0.15, -0.1) is 0 Å². The Morgan fingerprint density at radius 1 is 1.04 bits per heavy atom. The molecule has 0 aliphatic heterocycles. The second kappa shape index (κ2) is 9.83. The second-order valence-corrected chi connectivity index (χ2v) is 6.84. The van der Waals surface area contributed by atoms with E-state index in [1.165, 1.54) is 42.7 Å². The fraction of sp³-hybridized carbons (Fsp3) is 0.304. The lowest BCUT2D eigenvalue weighted by atomic mass is 9.97. The number of carbonyl (C=O) groups excluding carboxylic acids is 2. The van der Waals surface area contributed by atoms with Crippen molar-refractivity contribution in [2.24, 2.45) is 0 Å². The van der Waals surface area contributed by atoms with E-state index in [2.05, 4.69) is 11.4 Å². The van der Waals surface area contributed by atoms with Gasteiger partial charge in [-0.3, -0.25) is 4.79 Å². The molecular formula is C23H24FNO3. The van der Waals surface area contributed by atoms with Crippen LogP contribution in [0.5, 0.6) is 0 Å². The number of hydrogen-bond donors (Lipinski definition) is 1. The number of esters is 1. The highest BCUT2D eigenvalue weighted by molar-refractivity contribution is 6.00. The van der Waals surface area contributed by atoms with Crippen molar-refractivity contribution < 1.29 is 18.7 Å². The number of para-hydroxylation sites is 1. The number of benzene rings is 2. The van der Waals surface area contributed by atoms with Gasteiger partial charge < -0.3 is 10.1 Å².